The Morgan fingerprint density at radius 2 is 1.89 bits per heavy atom. The number of aliphatic imine (C=N–C) groups is 1. The van der Waals surface area contributed by atoms with Crippen LogP contribution < -0.4 is 10.6 Å². The topological polar surface area (TPSA) is 70.6 Å². The van der Waals surface area contributed by atoms with E-state index in [4.69, 9.17) is 0 Å². The summed E-state index contributed by atoms with van der Waals surface area (Å²) in [6.45, 7) is 7.54. The van der Waals surface area contributed by atoms with Crippen molar-refractivity contribution in [1.82, 2.24) is 10.6 Å². The van der Waals surface area contributed by atoms with Gasteiger partial charge in [-0.25, -0.2) is 12.8 Å². The molecule has 0 aliphatic heterocycles. The number of hydrogen-bond donors (Lipinski definition) is 2. The van der Waals surface area contributed by atoms with Gasteiger partial charge in [0, 0.05) is 23.4 Å². The maximum atomic E-state index is 13.7. The van der Waals surface area contributed by atoms with Gasteiger partial charge < -0.3 is 10.6 Å². The second-order valence-corrected chi connectivity index (χ2v) is 9.76. The van der Waals surface area contributed by atoms with Crippen LogP contribution in [0.15, 0.2) is 51.7 Å². The molecule has 0 unspecified atom stereocenters. The van der Waals surface area contributed by atoms with E-state index in [2.05, 4.69) is 35.5 Å². The second-order valence-electron chi connectivity index (χ2n) is 6.73. The van der Waals surface area contributed by atoms with E-state index in [0.29, 0.717) is 19.0 Å². The van der Waals surface area contributed by atoms with Crippen molar-refractivity contribution in [2.24, 2.45) is 4.99 Å². The minimum atomic E-state index is -3.70. The Kier molecular flexibility index (Phi) is 9.85. The number of halogens is 2. The average Bonchev–Trinajstić information content (AvgIpc) is 3.15. The van der Waals surface area contributed by atoms with Crippen molar-refractivity contribution in [3.05, 3.63) is 52.5 Å². The molecule has 0 aliphatic rings. The van der Waals surface area contributed by atoms with E-state index in [9.17, 15) is 12.8 Å². The Morgan fingerprint density at radius 3 is 2.50 bits per heavy atom. The molecule has 156 valence electrons. The van der Waals surface area contributed by atoms with Crippen molar-refractivity contribution < 1.29 is 12.8 Å². The summed E-state index contributed by atoms with van der Waals surface area (Å²) in [5.41, 5.74) is -0.115. The zero-order valence-electron chi connectivity index (χ0n) is 16.2. The van der Waals surface area contributed by atoms with E-state index in [-0.39, 0.29) is 46.6 Å². The van der Waals surface area contributed by atoms with Crippen LogP contribution in [0, 0.1) is 5.82 Å². The standard InChI is InChI=1S/C19H26FN3O2S2.HI/c1-4-21-18(23-14-19(2,3)17-10-7-12-26-17)22-11-13-27(24,25)16-9-6-5-8-15(16)20;/h5-10,12H,4,11,13-14H2,1-3H3,(H2,21,22,23);1H. The minimum Gasteiger partial charge on any atom is -0.357 e. The lowest BCUT2D eigenvalue weighted by atomic mass is 9.92. The average molecular weight is 539 g/mol. The smallest absolute Gasteiger partial charge is 0.191 e. The first-order chi connectivity index (χ1) is 12.8. The van der Waals surface area contributed by atoms with E-state index in [1.807, 2.05) is 18.4 Å². The molecule has 0 aliphatic carbocycles. The van der Waals surface area contributed by atoms with Gasteiger partial charge in [-0.05, 0) is 30.5 Å². The number of thiophene rings is 1. The van der Waals surface area contributed by atoms with Crippen molar-refractivity contribution in [3.8, 4) is 0 Å². The predicted molar refractivity (Wildman–Crippen MR) is 125 cm³/mol. The first-order valence-electron chi connectivity index (χ1n) is 8.80. The molecule has 0 fully saturated rings. The summed E-state index contributed by atoms with van der Waals surface area (Å²) in [6, 6.07) is 9.52. The minimum absolute atomic E-state index is 0. The summed E-state index contributed by atoms with van der Waals surface area (Å²) < 4.78 is 38.4. The fourth-order valence-electron chi connectivity index (χ4n) is 2.47. The van der Waals surface area contributed by atoms with Crippen LogP contribution in [0.2, 0.25) is 0 Å². The first-order valence-corrected chi connectivity index (χ1v) is 11.3. The van der Waals surface area contributed by atoms with Gasteiger partial charge in [0.1, 0.15) is 10.7 Å². The summed E-state index contributed by atoms with van der Waals surface area (Å²) in [7, 11) is -3.70. The van der Waals surface area contributed by atoms with Crippen molar-refractivity contribution in [3.63, 3.8) is 0 Å². The van der Waals surface area contributed by atoms with E-state index in [1.54, 1.807) is 11.3 Å². The molecule has 2 aromatic rings. The number of sulfone groups is 1. The molecule has 2 N–H and O–H groups in total. The lowest BCUT2D eigenvalue weighted by Crippen LogP contribution is -2.40. The molecule has 0 radical (unpaired) electrons. The molecular formula is C19H27FIN3O2S2. The van der Waals surface area contributed by atoms with Crippen molar-refractivity contribution >= 4 is 51.1 Å². The second kappa shape index (κ2) is 11.1. The van der Waals surface area contributed by atoms with Crippen LogP contribution in [0.25, 0.3) is 0 Å². The Labute approximate surface area is 187 Å². The highest BCUT2D eigenvalue weighted by Gasteiger charge is 2.22. The third kappa shape index (κ3) is 7.00. The van der Waals surface area contributed by atoms with Crippen LogP contribution in [0.1, 0.15) is 25.6 Å². The monoisotopic (exact) mass is 539 g/mol. The largest absolute Gasteiger partial charge is 0.357 e. The van der Waals surface area contributed by atoms with Crippen LogP contribution >= 0.6 is 35.3 Å². The third-order valence-corrected chi connectivity index (χ3v) is 6.98. The van der Waals surface area contributed by atoms with Gasteiger partial charge in [0.05, 0.1) is 12.3 Å². The van der Waals surface area contributed by atoms with Gasteiger partial charge >= 0.3 is 0 Å². The number of rotatable bonds is 8. The summed E-state index contributed by atoms with van der Waals surface area (Å²) >= 11 is 1.69. The molecule has 1 aromatic heterocycles. The Hall–Kier alpha value is -1.20. The van der Waals surface area contributed by atoms with Crippen LogP contribution in [-0.4, -0.2) is 39.8 Å². The molecule has 28 heavy (non-hydrogen) atoms. The molecule has 2 rings (SSSR count). The Balaban J connectivity index is 0.00000392. The molecule has 0 saturated carbocycles. The van der Waals surface area contributed by atoms with Gasteiger partial charge in [0.2, 0.25) is 0 Å². The van der Waals surface area contributed by atoms with E-state index >= 15 is 0 Å². The lowest BCUT2D eigenvalue weighted by Gasteiger charge is -2.21. The molecule has 1 heterocycles. The summed E-state index contributed by atoms with van der Waals surface area (Å²) in [5.74, 6) is -0.395. The molecule has 0 atom stereocenters. The molecule has 0 amide bonds. The van der Waals surface area contributed by atoms with Crippen LogP contribution in [0.3, 0.4) is 0 Å². The normalized spacial score (nSPS) is 12.4. The van der Waals surface area contributed by atoms with Crippen LogP contribution in [0.5, 0.6) is 0 Å². The molecule has 9 heteroatoms. The number of guanidine groups is 1. The SMILES string of the molecule is CCNC(=NCC(C)(C)c1cccs1)NCCS(=O)(=O)c1ccccc1F.I. The zero-order chi connectivity index (χ0) is 19.9. The number of hydrogen-bond acceptors (Lipinski definition) is 4. The molecule has 5 nitrogen and oxygen atoms in total. The Bertz CT molecular complexity index is 869. The number of benzene rings is 1. The highest BCUT2D eigenvalue weighted by atomic mass is 127. The molecular weight excluding hydrogens is 512 g/mol. The first kappa shape index (κ1) is 24.8. The van der Waals surface area contributed by atoms with Crippen molar-refractivity contribution in [1.29, 1.82) is 0 Å². The maximum absolute atomic E-state index is 13.7. The highest BCUT2D eigenvalue weighted by Crippen LogP contribution is 2.27. The van der Waals surface area contributed by atoms with Gasteiger partial charge in [-0.2, -0.15) is 0 Å². The molecule has 0 saturated heterocycles. The molecule has 0 spiro atoms. The highest BCUT2D eigenvalue weighted by molar-refractivity contribution is 14.0. The van der Waals surface area contributed by atoms with Crippen LogP contribution in [-0.2, 0) is 15.3 Å². The zero-order valence-corrected chi connectivity index (χ0v) is 20.2. The maximum Gasteiger partial charge on any atom is 0.191 e. The van der Waals surface area contributed by atoms with E-state index in [1.165, 1.54) is 23.1 Å². The lowest BCUT2D eigenvalue weighted by molar-refractivity contribution is 0.548. The van der Waals surface area contributed by atoms with E-state index < -0.39 is 15.7 Å². The summed E-state index contributed by atoms with van der Waals surface area (Å²) in [4.78, 5) is 5.55. The van der Waals surface area contributed by atoms with Gasteiger partial charge in [0.25, 0.3) is 0 Å². The number of nitrogens with one attached hydrogen (secondary N) is 2. The van der Waals surface area contributed by atoms with Gasteiger partial charge in [-0.1, -0.05) is 32.0 Å². The predicted octanol–water partition coefficient (Wildman–Crippen LogP) is 3.81. The summed E-state index contributed by atoms with van der Waals surface area (Å²) in [5, 5.41) is 8.18. The van der Waals surface area contributed by atoms with E-state index in [0.717, 1.165) is 6.07 Å². The fraction of sp³-hybridized carbons (Fsp3) is 0.421. The van der Waals surface area contributed by atoms with Crippen LogP contribution in [0.4, 0.5) is 4.39 Å². The fourth-order valence-corrected chi connectivity index (χ4v) is 4.56. The Morgan fingerprint density at radius 1 is 1.18 bits per heavy atom. The van der Waals surface area contributed by atoms with Gasteiger partial charge in [-0.15, -0.1) is 35.3 Å². The number of nitrogens with zero attached hydrogens (tertiary/aromatic N) is 1. The van der Waals surface area contributed by atoms with Crippen molar-refractivity contribution in [2.45, 2.75) is 31.1 Å². The molecule has 1 aromatic carbocycles. The summed E-state index contributed by atoms with van der Waals surface area (Å²) in [6.07, 6.45) is 0. The van der Waals surface area contributed by atoms with Crippen molar-refractivity contribution in [2.75, 3.05) is 25.4 Å². The quantitative estimate of drug-likeness (QED) is 0.304. The molecule has 0 bridgehead atoms. The van der Waals surface area contributed by atoms with Gasteiger partial charge in [-0.3, -0.25) is 4.99 Å². The van der Waals surface area contributed by atoms with Gasteiger partial charge in [0.15, 0.2) is 15.8 Å². The third-order valence-electron chi connectivity index (χ3n) is 4.00.